The Hall–Kier alpha value is -2.20. The van der Waals surface area contributed by atoms with E-state index < -0.39 is 0 Å². The van der Waals surface area contributed by atoms with E-state index in [0.717, 1.165) is 61.2 Å². The summed E-state index contributed by atoms with van der Waals surface area (Å²) in [6.45, 7) is 11.1. The number of pyridine rings is 1. The van der Waals surface area contributed by atoms with Crippen LogP contribution in [0.15, 0.2) is 42.5 Å². The quantitative estimate of drug-likeness (QED) is 0.821. The smallest absolute Gasteiger partial charge is 0.255 e. The molecule has 0 aliphatic carbocycles. The molecule has 2 aromatic rings. The lowest BCUT2D eigenvalue weighted by Gasteiger charge is -2.35. The summed E-state index contributed by atoms with van der Waals surface area (Å²) < 4.78 is 0. The van der Waals surface area contributed by atoms with Gasteiger partial charge in [-0.05, 0) is 37.9 Å². The minimum absolute atomic E-state index is 0.109. The molecule has 4 nitrogen and oxygen atoms in total. The molecule has 1 fully saturated rings. The Morgan fingerprint density at radius 3 is 2.35 bits per heavy atom. The normalized spacial score (nSPS) is 15.5. The molecule has 2 heterocycles. The number of carbonyl (C=O) groups is 1. The number of nitrogens with zero attached hydrogens (tertiary/aromatic N) is 3. The van der Waals surface area contributed by atoms with Gasteiger partial charge in [0.05, 0.1) is 17.0 Å². The van der Waals surface area contributed by atoms with E-state index in [-0.39, 0.29) is 5.91 Å². The van der Waals surface area contributed by atoms with Crippen LogP contribution in [0.2, 0.25) is 0 Å². The Balaban J connectivity index is 1.64. The predicted octanol–water partition coefficient (Wildman–Crippen LogP) is 3.86. The van der Waals surface area contributed by atoms with Crippen molar-refractivity contribution in [3.8, 4) is 11.3 Å². The fourth-order valence-electron chi connectivity index (χ4n) is 3.34. The summed E-state index contributed by atoms with van der Waals surface area (Å²) >= 11 is 0. The third-order valence-electron chi connectivity index (χ3n) is 5.07. The van der Waals surface area contributed by atoms with Crippen LogP contribution in [0, 0.1) is 12.8 Å². The van der Waals surface area contributed by atoms with Crippen LogP contribution in [0.25, 0.3) is 11.3 Å². The van der Waals surface area contributed by atoms with Crippen molar-refractivity contribution >= 4 is 5.91 Å². The predicted molar refractivity (Wildman–Crippen MR) is 106 cm³/mol. The van der Waals surface area contributed by atoms with E-state index >= 15 is 0 Å². The fraction of sp³-hybridized carbons (Fsp3) is 0.455. The second-order valence-electron chi connectivity index (χ2n) is 7.51. The molecule has 0 radical (unpaired) electrons. The summed E-state index contributed by atoms with van der Waals surface area (Å²) in [7, 11) is 0. The van der Waals surface area contributed by atoms with E-state index in [2.05, 4.69) is 23.7 Å². The molecule has 0 unspecified atom stereocenters. The minimum atomic E-state index is 0.109. The first kappa shape index (κ1) is 18.6. The number of hydrogen-bond acceptors (Lipinski definition) is 3. The van der Waals surface area contributed by atoms with Gasteiger partial charge in [0.15, 0.2) is 0 Å². The first-order chi connectivity index (χ1) is 12.5. The summed E-state index contributed by atoms with van der Waals surface area (Å²) in [4.78, 5) is 22.0. The standard InChI is InChI=1S/C22H29N3O/c1-17(2)11-12-24-13-15-25(16-14-24)22(26)20-9-10-21(23-18(20)3)19-7-5-4-6-8-19/h4-10,17H,11-16H2,1-3H3. The van der Waals surface area contributed by atoms with Crippen LogP contribution in [-0.2, 0) is 0 Å². The van der Waals surface area contributed by atoms with Crippen molar-refractivity contribution in [1.29, 1.82) is 0 Å². The number of aromatic nitrogens is 1. The SMILES string of the molecule is Cc1nc(-c2ccccc2)ccc1C(=O)N1CCN(CCC(C)C)CC1. The lowest BCUT2D eigenvalue weighted by atomic mass is 10.1. The highest BCUT2D eigenvalue weighted by Gasteiger charge is 2.23. The summed E-state index contributed by atoms with van der Waals surface area (Å²) in [5.41, 5.74) is 3.52. The number of rotatable bonds is 5. The summed E-state index contributed by atoms with van der Waals surface area (Å²) in [6.07, 6.45) is 1.22. The number of benzene rings is 1. The van der Waals surface area contributed by atoms with Gasteiger partial charge in [0.1, 0.15) is 0 Å². The van der Waals surface area contributed by atoms with Crippen molar-refractivity contribution in [1.82, 2.24) is 14.8 Å². The van der Waals surface area contributed by atoms with Gasteiger partial charge in [-0.1, -0.05) is 44.2 Å². The third kappa shape index (κ3) is 4.50. The maximum atomic E-state index is 12.9. The van der Waals surface area contributed by atoms with Crippen molar-refractivity contribution < 1.29 is 4.79 Å². The molecule has 0 saturated carbocycles. The van der Waals surface area contributed by atoms with Gasteiger partial charge >= 0.3 is 0 Å². The highest BCUT2D eigenvalue weighted by molar-refractivity contribution is 5.95. The zero-order valence-corrected chi connectivity index (χ0v) is 16.1. The van der Waals surface area contributed by atoms with Crippen molar-refractivity contribution in [2.24, 2.45) is 5.92 Å². The van der Waals surface area contributed by atoms with Gasteiger partial charge in [-0.3, -0.25) is 14.7 Å². The summed E-state index contributed by atoms with van der Waals surface area (Å²) in [6, 6.07) is 14.0. The van der Waals surface area contributed by atoms with Gasteiger partial charge in [-0.15, -0.1) is 0 Å². The maximum Gasteiger partial charge on any atom is 0.255 e. The molecule has 1 amide bonds. The molecule has 0 atom stereocenters. The zero-order valence-electron chi connectivity index (χ0n) is 16.1. The first-order valence-corrected chi connectivity index (χ1v) is 9.59. The minimum Gasteiger partial charge on any atom is -0.336 e. The lowest BCUT2D eigenvalue weighted by molar-refractivity contribution is 0.0630. The van der Waals surface area contributed by atoms with Crippen LogP contribution in [0.5, 0.6) is 0 Å². The molecular formula is C22H29N3O. The Morgan fingerprint density at radius 1 is 1.04 bits per heavy atom. The fourth-order valence-corrected chi connectivity index (χ4v) is 3.34. The van der Waals surface area contributed by atoms with Gasteiger partial charge < -0.3 is 4.90 Å². The summed E-state index contributed by atoms with van der Waals surface area (Å²) in [5, 5.41) is 0. The summed E-state index contributed by atoms with van der Waals surface area (Å²) in [5.74, 6) is 0.838. The zero-order chi connectivity index (χ0) is 18.5. The van der Waals surface area contributed by atoms with E-state index in [1.165, 1.54) is 6.42 Å². The third-order valence-corrected chi connectivity index (χ3v) is 5.07. The molecule has 26 heavy (non-hydrogen) atoms. The number of aryl methyl sites for hydroxylation is 1. The van der Waals surface area contributed by atoms with Crippen molar-refractivity contribution in [2.45, 2.75) is 27.2 Å². The second-order valence-corrected chi connectivity index (χ2v) is 7.51. The van der Waals surface area contributed by atoms with Crippen LogP contribution >= 0.6 is 0 Å². The maximum absolute atomic E-state index is 12.9. The largest absolute Gasteiger partial charge is 0.336 e. The number of hydrogen-bond donors (Lipinski definition) is 0. The van der Waals surface area contributed by atoms with Gasteiger partial charge in [0, 0.05) is 31.7 Å². The molecule has 1 aliphatic rings. The van der Waals surface area contributed by atoms with Crippen LogP contribution in [-0.4, -0.2) is 53.4 Å². The van der Waals surface area contributed by atoms with E-state index in [9.17, 15) is 4.79 Å². The molecule has 0 N–H and O–H groups in total. The van der Waals surface area contributed by atoms with Gasteiger partial charge in [-0.2, -0.15) is 0 Å². The van der Waals surface area contributed by atoms with Crippen molar-refractivity contribution in [3.05, 3.63) is 53.7 Å². The average Bonchev–Trinajstić information content (AvgIpc) is 2.67. The average molecular weight is 351 g/mol. The topological polar surface area (TPSA) is 36.4 Å². The molecule has 138 valence electrons. The van der Waals surface area contributed by atoms with E-state index in [1.807, 2.05) is 54.3 Å². The molecule has 1 aliphatic heterocycles. The highest BCUT2D eigenvalue weighted by Crippen LogP contribution is 2.20. The molecule has 4 heteroatoms. The second kappa shape index (κ2) is 8.45. The number of carbonyl (C=O) groups excluding carboxylic acids is 1. The van der Waals surface area contributed by atoms with Crippen molar-refractivity contribution in [2.75, 3.05) is 32.7 Å². The Labute approximate surface area is 156 Å². The Morgan fingerprint density at radius 2 is 1.73 bits per heavy atom. The monoisotopic (exact) mass is 351 g/mol. The van der Waals surface area contributed by atoms with Gasteiger partial charge in [-0.25, -0.2) is 0 Å². The number of piperazine rings is 1. The van der Waals surface area contributed by atoms with Crippen molar-refractivity contribution in [3.63, 3.8) is 0 Å². The van der Waals surface area contributed by atoms with E-state index in [0.29, 0.717) is 0 Å². The van der Waals surface area contributed by atoms with Crippen LogP contribution in [0.1, 0.15) is 36.3 Å². The molecule has 0 bridgehead atoms. The van der Waals surface area contributed by atoms with Crippen LogP contribution in [0.3, 0.4) is 0 Å². The van der Waals surface area contributed by atoms with Crippen LogP contribution < -0.4 is 0 Å². The highest BCUT2D eigenvalue weighted by atomic mass is 16.2. The van der Waals surface area contributed by atoms with E-state index in [4.69, 9.17) is 0 Å². The van der Waals surface area contributed by atoms with Gasteiger partial charge in [0.2, 0.25) is 0 Å². The van der Waals surface area contributed by atoms with Crippen LogP contribution in [0.4, 0.5) is 0 Å². The molecule has 0 spiro atoms. The number of amides is 1. The molecule has 3 rings (SSSR count). The molecular weight excluding hydrogens is 322 g/mol. The van der Waals surface area contributed by atoms with E-state index in [1.54, 1.807) is 0 Å². The first-order valence-electron chi connectivity index (χ1n) is 9.59. The molecule has 1 aromatic carbocycles. The Kier molecular flexibility index (Phi) is 6.04. The Bertz CT molecular complexity index is 734. The molecule has 1 saturated heterocycles. The molecule has 1 aromatic heterocycles. The van der Waals surface area contributed by atoms with Gasteiger partial charge in [0.25, 0.3) is 5.91 Å². The lowest BCUT2D eigenvalue weighted by Crippen LogP contribution is -2.49.